The molecule has 2 rings (SSSR count). The van der Waals surface area contributed by atoms with E-state index in [9.17, 15) is 9.59 Å². The van der Waals surface area contributed by atoms with Crippen molar-refractivity contribution in [1.29, 1.82) is 0 Å². The molecule has 0 aliphatic rings. The summed E-state index contributed by atoms with van der Waals surface area (Å²) in [4.78, 5) is 23.4. The van der Waals surface area contributed by atoms with Gasteiger partial charge in [-0.05, 0) is 34.1 Å². The van der Waals surface area contributed by atoms with Crippen molar-refractivity contribution in [2.45, 2.75) is 6.54 Å². The van der Waals surface area contributed by atoms with Gasteiger partial charge in [-0.15, -0.1) is 0 Å². The third-order valence-corrected chi connectivity index (χ3v) is 3.54. The van der Waals surface area contributed by atoms with Crippen LogP contribution in [-0.4, -0.2) is 28.6 Å². The zero-order chi connectivity index (χ0) is 15.4. The molecule has 8 heteroatoms. The van der Waals surface area contributed by atoms with Crippen LogP contribution in [0.1, 0.15) is 10.4 Å². The van der Waals surface area contributed by atoms with Gasteiger partial charge in [-0.2, -0.15) is 5.10 Å². The summed E-state index contributed by atoms with van der Waals surface area (Å²) < 4.78 is 2.04. The van der Waals surface area contributed by atoms with Gasteiger partial charge < -0.3 is 10.6 Å². The third kappa shape index (κ3) is 4.05. The van der Waals surface area contributed by atoms with Crippen molar-refractivity contribution in [2.75, 3.05) is 12.4 Å². The first-order chi connectivity index (χ1) is 9.99. The lowest BCUT2D eigenvalue weighted by atomic mass is 10.2. The highest BCUT2D eigenvalue weighted by Crippen LogP contribution is 2.22. The fourth-order valence-electron chi connectivity index (χ4n) is 1.61. The number of hydrogen-bond acceptors (Lipinski definition) is 3. The molecule has 1 heterocycles. The van der Waals surface area contributed by atoms with Gasteiger partial charge in [-0.1, -0.05) is 11.6 Å². The first-order valence-corrected chi connectivity index (χ1v) is 7.16. The molecule has 0 radical (unpaired) electrons. The van der Waals surface area contributed by atoms with E-state index in [-0.39, 0.29) is 18.4 Å². The molecule has 110 valence electrons. The summed E-state index contributed by atoms with van der Waals surface area (Å²) in [7, 11) is 1.55. The third-order valence-electron chi connectivity index (χ3n) is 2.65. The van der Waals surface area contributed by atoms with Gasteiger partial charge in [-0.3, -0.25) is 14.3 Å². The number of likely N-dealkylation sites (N-methyl/N-ethyl adjacent to an activating group) is 1. The number of nitrogens with zero attached hydrogens (tertiary/aromatic N) is 2. The number of anilines is 1. The van der Waals surface area contributed by atoms with E-state index in [1.165, 1.54) is 10.9 Å². The quantitative estimate of drug-likeness (QED) is 0.866. The van der Waals surface area contributed by atoms with Gasteiger partial charge >= 0.3 is 0 Å². The second-order valence-electron chi connectivity index (χ2n) is 4.18. The highest BCUT2D eigenvalue weighted by Gasteiger charge is 2.12. The molecule has 2 aromatic rings. The molecule has 0 saturated heterocycles. The highest BCUT2D eigenvalue weighted by atomic mass is 79.9. The molecule has 0 fully saturated rings. The van der Waals surface area contributed by atoms with Gasteiger partial charge in [0.2, 0.25) is 5.91 Å². The van der Waals surface area contributed by atoms with E-state index in [1.54, 1.807) is 31.4 Å². The second-order valence-corrected chi connectivity index (χ2v) is 5.47. The van der Waals surface area contributed by atoms with Crippen LogP contribution in [0.15, 0.2) is 35.1 Å². The van der Waals surface area contributed by atoms with Crippen molar-refractivity contribution in [3.05, 3.63) is 45.7 Å². The van der Waals surface area contributed by atoms with Crippen molar-refractivity contribution in [3.8, 4) is 0 Å². The predicted molar refractivity (Wildman–Crippen MR) is 83.4 cm³/mol. The first-order valence-electron chi connectivity index (χ1n) is 5.99. The van der Waals surface area contributed by atoms with E-state index < -0.39 is 0 Å². The number of carbonyl (C=O) groups is 2. The fourth-order valence-corrected chi connectivity index (χ4v) is 2.48. The van der Waals surface area contributed by atoms with Crippen molar-refractivity contribution >= 4 is 45.0 Å². The smallest absolute Gasteiger partial charge is 0.256 e. The van der Waals surface area contributed by atoms with Crippen LogP contribution in [0.4, 0.5) is 5.69 Å². The van der Waals surface area contributed by atoms with Crippen molar-refractivity contribution < 1.29 is 9.59 Å². The molecular weight excluding hydrogens is 360 g/mol. The van der Waals surface area contributed by atoms with Gasteiger partial charge in [-0.25, -0.2) is 0 Å². The van der Waals surface area contributed by atoms with Gasteiger partial charge in [0.15, 0.2) is 0 Å². The second kappa shape index (κ2) is 6.73. The summed E-state index contributed by atoms with van der Waals surface area (Å²) in [5.41, 5.74) is 0.962. The van der Waals surface area contributed by atoms with Crippen LogP contribution in [-0.2, 0) is 11.3 Å². The topological polar surface area (TPSA) is 76.0 Å². The summed E-state index contributed by atoms with van der Waals surface area (Å²) in [6.07, 6.45) is 3.06. The van der Waals surface area contributed by atoms with Gasteiger partial charge in [0, 0.05) is 22.7 Å². The van der Waals surface area contributed by atoms with E-state index >= 15 is 0 Å². The number of halogens is 2. The normalized spacial score (nSPS) is 10.2. The van der Waals surface area contributed by atoms with Crippen LogP contribution >= 0.6 is 27.5 Å². The molecule has 0 aliphatic heterocycles. The number of amides is 2. The number of benzene rings is 1. The molecule has 0 saturated carbocycles. The van der Waals surface area contributed by atoms with Gasteiger partial charge in [0.05, 0.1) is 17.4 Å². The minimum absolute atomic E-state index is 0.0943. The Labute approximate surface area is 134 Å². The summed E-state index contributed by atoms with van der Waals surface area (Å²) in [6, 6.07) is 4.90. The molecule has 1 aromatic heterocycles. The maximum absolute atomic E-state index is 12.1. The van der Waals surface area contributed by atoms with Crippen molar-refractivity contribution in [2.24, 2.45) is 0 Å². The molecular formula is C13H12BrClN4O2. The number of hydrogen-bond donors (Lipinski definition) is 2. The zero-order valence-electron chi connectivity index (χ0n) is 11.1. The molecule has 0 bridgehead atoms. The zero-order valence-corrected chi connectivity index (χ0v) is 13.4. The molecule has 0 aliphatic carbocycles. The number of nitrogens with one attached hydrogen (secondary N) is 2. The van der Waals surface area contributed by atoms with Crippen LogP contribution in [0.3, 0.4) is 0 Å². The minimum atomic E-state index is -0.293. The Bertz CT molecular complexity index is 687. The number of rotatable bonds is 4. The molecule has 2 amide bonds. The Hall–Kier alpha value is -1.86. The van der Waals surface area contributed by atoms with Crippen LogP contribution in [0.5, 0.6) is 0 Å². The minimum Gasteiger partial charge on any atom is -0.358 e. The van der Waals surface area contributed by atoms with Crippen LogP contribution < -0.4 is 10.6 Å². The average molecular weight is 372 g/mol. The van der Waals surface area contributed by atoms with E-state index in [1.807, 2.05) is 0 Å². The van der Waals surface area contributed by atoms with E-state index in [4.69, 9.17) is 11.6 Å². The number of aromatic nitrogens is 2. The molecule has 6 nitrogen and oxygen atoms in total. The lowest BCUT2D eigenvalue weighted by molar-refractivity contribution is -0.121. The Morgan fingerprint density at radius 2 is 2.19 bits per heavy atom. The van der Waals surface area contributed by atoms with E-state index in [2.05, 4.69) is 31.7 Å². The van der Waals surface area contributed by atoms with Crippen LogP contribution in [0.2, 0.25) is 5.02 Å². The number of carbonyl (C=O) groups excluding carboxylic acids is 2. The average Bonchev–Trinajstić information content (AvgIpc) is 2.85. The lowest BCUT2D eigenvalue weighted by Crippen LogP contribution is -2.23. The largest absolute Gasteiger partial charge is 0.358 e. The Morgan fingerprint density at radius 1 is 1.43 bits per heavy atom. The summed E-state index contributed by atoms with van der Waals surface area (Å²) in [5, 5.41) is 9.73. The SMILES string of the molecule is CNC(=O)Cn1cc(NC(=O)c2ccc(Cl)cc2Br)cn1. The molecule has 0 atom stereocenters. The molecule has 0 unspecified atom stereocenters. The van der Waals surface area contributed by atoms with Crippen LogP contribution in [0, 0.1) is 0 Å². The monoisotopic (exact) mass is 370 g/mol. The van der Waals surface area contributed by atoms with Gasteiger partial charge in [0.25, 0.3) is 5.91 Å². The Balaban J connectivity index is 2.07. The van der Waals surface area contributed by atoms with Crippen molar-refractivity contribution in [3.63, 3.8) is 0 Å². The van der Waals surface area contributed by atoms with Gasteiger partial charge in [0.1, 0.15) is 6.54 Å². The van der Waals surface area contributed by atoms with E-state index in [0.29, 0.717) is 20.7 Å². The van der Waals surface area contributed by atoms with E-state index in [0.717, 1.165) is 0 Å². The highest BCUT2D eigenvalue weighted by molar-refractivity contribution is 9.10. The maximum atomic E-state index is 12.1. The molecule has 0 spiro atoms. The molecule has 2 N–H and O–H groups in total. The molecule has 1 aromatic carbocycles. The van der Waals surface area contributed by atoms with Crippen molar-refractivity contribution in [1.82, 2.24) is 15.1 Å². The summed E-state index contributed by atoms with van der Waals surface area (Å²) in [6.45, 7) is 0.0943. The molecule has 21 heavy (non-hydrogen) atoms. The fraction of sp³-hybridized carbons (Fsp3) is 0.154. The predicted octanol–water partition coefficient (Wildman–Crippen LogP) is 2.30. The van der Waals surface area contributed by atoms with Crippen LogP contribution in [0.25, 0.3) is 0 Å². The standard InChI is InChI=1S/C13H12BrClN4O2/c1-16-12(20)7-19-6-9(5-17-19)18-13(21)10-3-2-8(15)4-11(10)14/h2-6H,7H2,1H3,(H,16,20)(H,18,21). The Kier molecular flexibility index (Phi) is 4.98. The summed E-state index contributed by atoms with van der Waals surface area (Å²) >= 11 is 9.12. The Morgan fingerprint density at radius 3 is 2.86 bits per heavy atom. The summed E-state index contributed by atoms with van der Waals surface area (Å²) in [5.74, 6) is -0.463. The maximum Gasteiger partial charge on any atom is 0.256 e. The lowest BCUT2D eigenvalue weighted by Gasteiger charge is -2.05. The first kappa shape index (κ1) is 15.5.